The summed E-state index contributed by atoms with van der Waals surface area (Å²) in [5, 5.41) is 0. The smallest absolute Gasteiger partial charge is 0.266 e. The molecule has 2 aliphatic rings. The first kappa shape index (κ1) is 30.6. The average Bonchev–Trinajstić information content (AvgIpc) is 3.29. The zero-order valence-corrected chi connectivity index (χ0v) is 28.0. The van der Waals surface area contributed by atoms with Crippen LogP contribution in [0.25, 0.3) is 11.3 Å². The first-order valence-electron chi connectivity index (χ1n) is 16.2. The summed E-state index contributed by atoms with van der Waals surface area (Å²) in [6.07, 6.45) is 0.241. The molecule has 6 aromatic carbocycles. The van der Waals surface area contributed by atoms with Gasteiger partial charge in [-0.1, -0.05) is 149 Å². The van der Waals surface area contributed by atoms with Gasteiger partial charge >= 0.3 is 0 Å². The van der Waals surface area contributed by atoms with Crippen LogP contribution in [0.1, 0.15) is 45.1 Å². The number of carbonyl (C=O) groups excluding carboxylic acids is 2. The minimum absolute atomic E-state index is 0.173. The number of halogens is 1. The van der Waals surface area contributed by atoms with E-state index in [0.29, 0.717) is 28.3 Å². The van der Waals surface area contributed by atoms with E-state index in [1.807, 2.05) is 175 Å². The number of amides is 2. The van der Waals surface area contributed by atoms with Gasteiger partial charge < -0.3 is 4.74 Å². The Bertz CT molecular complexity index is 2190. The third-order valence-electron chi connectivity index (χ3n) is 9.24. The summed E-state index contributed by atoms with van der Waals surface area (Å²) in [7, 11) is 0. The van der Waals surface area contributed by atoms with Crippen LogP contribution in [0, 0.1) is 0 Å². The Morgan fingerprint density at radius 3 is 1.88 bits per heavy atom. The molecule has 6 aromatic rings. The molecule has 0 aromatic heterocycles. The van der Waals surface area contributed by atoms with Gasteiger partial charge in [-0.3, -0.25) is 19.4 Å². The molecule has 5 nitrogen and oxygen atoms in total. The van der Waals surface area contributed by atoms with Gasteiger partial charge in [-0.05, 0) is 47.5 Å². The number of carbonyl (C=O) groups is 2. The summed E-state index contributed by atoms with van der Waals surface area (Å²) in [6.45, 7) is 0. The van der Waals surface area contributed by atoms with Crippen LogP contribution < -0.4 is 9.80 Å². The van der Waals surface area contributed by atoms with Crippen molar-refractivity contribution in [2.45, 2.75) is 18.2 Å². The number of anilines is 2. The van der Waals surface area contributed by atoms with Gasteiger partial charge in [-0.2, -0.15) is 0 Å². The fraction of sp³-hybridized carbons (Fsp3) is 0.0698. The molecule has 0 fully saturated rings. The number of fused-ring (bicyclic) bond motifs is 3. The van der Waals surface area contributed by atoms with Gasteiger partial charge in [0.25, 0.3) is 11.8 Å². The molecule has 238 valence electrons. The third kappa shape index (κ3) is 5.35. The minimum atomic E-state index is -1.35. The third-order valence-corrected chi connectivity index (χ3v) is 9.73. The molecule has 0 saturated heterocycles. The summed E-state index contributed by atoms with van der Waals surface area (Å²) in [5.41, 5.74) is 4.09. The molecule has 0 radical (unpaired) electrons. The predicted octanol–water partition coefficient (Wildman–Crippen LogP) is 10.0. The molecule has 0 unspecified atom stereocenters. The lowest BCUT2D eigenvalue weighted by Gasteiger charge is -2.48. The average molecular weight is 704 g/mol. The maximum absolute atomic E-state index is 15.6. The Labute approximate surface area is 293 Å². The second kappa shape index (κ2) is 12.7. The minimum Gasteiger partial charge on any atom is -0.462 e. The van der Waals surface area contributed by atoms with Crippen molar-refractivity contribution in [3.05, 3.63) is 202 Å². The Morgan fingerprint density at radius 2 is 1.22 bits per heavy atom. The molecular formula is C43H31BrN2O3. The second-order valence-electron chi connectivity index (χ2n) is 12.1. The number of nitrogens with zero attached hydrogens (tertiary/aromatic N) is 2. The Balaban J connectivity index is 1.47. The predicted molar refractivity (Wildman–Crippen MR) is 198 cm³/mol. The Kier molecular flexibility index (Phi) is 7.94. The lowest BCUT2D eigenvalue weighted by atomic mass is 9.86. The van der Waals surface area contributed by atoms with Crippen LogP contribution in [0.5, 0.6) is 0 Å². The molecule has 8 rings (SSSR count). The van der Waals surface area contributed by atoms with E-state index in [4.69, 9.17) is 4.74 Å². The number of benzene rings is 6. The van der Waals surface area contributed by atoms with Crippen molar-refractivity contribution in [3.63, 3.8) is 0 Å². The Hall–Kier alpha value is -5.72. The van der Waals surface area contributed by atoms with Gasteiger partial charge in [0.05, 0.1) is 23.0 Å². The van der Waals surface area contributed by atoms with E-state index in [1.54, 1.807) is 4.90 Å². The van der Waals surface area contributed by atoms with Crippen LogP contribution in [-0.4, -0.2) is 11.8 Å². The van der Waals surface area contributed by atoms with Crippen LogP contribution in [0.15, 0.2) is 174 Å². The molecule has 0 saturated carbocycles. The van der Waals surface area contributed by atoms with Crippen molar-refractivity contribution in [1.82, 2.24) is 0 Å². The molecule has 49 heavy (non-hydrogen) atoms. The summed E-state index contributed by atoms with van der Waals surface area (Å²) in [4.78, 5) is 34.0. The Morgan fingerprint density at radius 1 is 0.653 bits per heavy atom. The lowest BCUT2D eigenvalue weighted by Crippen LogP contribution is -2.55. The summed E-state index contributed by atoms with van der Waals surface area (Å²) < 4.78 is 8.36. The topological polar surface area (TPSA) is 49.9 Å². The van der Waals surface area contributed by atoms with Crippen molar-refractivity contribution < 1.29 is 14.3 Å². The van der Waals surface area contributed by atoms with E-state index < -0.39 is 11.8 Å². The number of rotatable bonds is 5. The standard InChI is InChI=1S/C43H31BrN2O3/c44-35-25-15-22-33(28-35)38-29-43(34-23-11-4-12-24-34)46(37-27-14-13-26-36(37)45(38)41(47)32-20-9-3-10-21-32)42(48)39(30-16-5-1-6-17-30)40(49-43)31-18-7-2-8-19-31/h1-28,38H,29H2/t38-,43+/m0/s1. The first-order valence-corrected chi connectivity index (χ1v) is 17.0. The normalized spacial score (nSPS) is 18.6. The van der Waals surface area contributed by atoms with E-state index >= 15 is 4.79 Å². The van der Waals surface area contributed by atoms with Crippen LogP contribution in [-0.2, 0) is 15.3 Å². The highest BCUT2D eigenvalue weighted by Gasteiger charge is 2.56. The zero-order valence-electron chi connectivity index (χ0n) is 26.4. The summed E-state index contributed by atoms with van der Waals surface area (Å²) in [5.74, 6) is 0.105. The molecular weight excluding hydrogens is 672 g/mol. The molecule has 6 heteroatoms. The largest absolute Gasteiger partial charge is 0.462 e. The number of ether oxygens (including phenoxy) is 1. The van der Waals surface area contributed by atoms with Crippen LogP contribution in [0.2, 0.25) is 0 Å². The van der Waals surface area contributed by atoms with Gasteiger partial charge in [-0.15, -0.1) is 0 Å². The van der Waals surface area contributed by atoms with Crippen molar-refractivity contribution in [2.24, 2.45) is 0 Å². The fourth-order valence-electron chi connectivity index (χ4n) is 7.06. The molecule has 2 atom stereocenters. The van der Waals surface area contributed by atoms with Crippen LogP contribution in [0.3, 0.4) is 0 Å². The van der Waals surface area contributed by atoms with E-state index in [2.05, 4.69) is 15.9 Å². The number of hydrogen-bond acceptors (Lipinski definition) is 3. The van der Waals surface area contributed by atoms with Gasteiger partial charge in [-0.25, -0.2) is 0 Å². The molecule has 2 heterocycles. The van der Waals surface area contributed by atoms with Gasteiger partial charge in [0.2, 0.25) is 5.72 Å². The molecule has 0 spiro atoms. The van der Waals surface area contributed by atoms with Crippen molar-refractivity contribution in [1.29, 1.82) is 0 Å². The maximum atomic E-state index is 15.6. The molecule has 2 aliphatic heterocycles. The summed E-state index contributed by atoms with van der Waals surface area (Å²) >= 11 is 3.69. The lowest BCUT2D eigenvalue weighted by molar-refractivity contribution is -0.120. The highest BCUT2D eigenvalue weighted by Crippen LogP contribution is 2.56. The quantitative estimate of drug-likeness (QED) is 0.180. The van der Waals surface area contributed by atoms with Crippen molar-refractivity contribution in [2.75, 3.05) is 9.80 Å². The van der Waals surface area contributed by atoms with Crippen LogP contribution in [0.4, 0.5) is 11.4 Å². The molecule has 0 N–H and O–H groups in total. The first-order chi connectivity index (χ1) is 24.0. The van der Waals surface area contributed by atoms with E-state index in [0.717, 1.165) is 26.7 Å². The van der Waals surface area contributed by atoms with Gasteiger partial charge in [0, 0.05) is 27.6 Å². The second-order valence-corrected chi connectivity index (χ2v) is 13.0. The van der Waals surface area contributed by atoms with Gasteiger partial charge in [0.1, 0.15) is 5.76 Å². The fourth-order valence-corrected chi connectivity index (χ4v) is 7.48. The van der Waals surface area contributed by atoms with Gasteiger partial charge in [0.15, 0.2) is 0 Å². The number of hydrogen-bond donors (Lipinski definition) is 0. The van der Waals surface area contributed by atoms with E-state index in [1.165, 1.54) is 0 Å². The SMILES string of the molecule is O=C(c1ccccc1)N1c2ccccc2N2C(=O)C(c3ccccc3)=C(c3ccccc3)O[C@@]2(c2ccccc2)C[C@H]1c1cccc(Br)c1. The highest BCUT2D eigenvalue weighted by molar-refractivity contribution is 9.10. The van der Waals surface area contributed by atoms with Crippen molar-refractivity contribution >= 4 is 50.5 Å². The van der Waals surface area contributed by atoms with E-state index in [-0.39, 0.29) is 18.2 Å². The number of para-hydroxylation sites is 2. The summed E-state index contributed by atoms with van der Waals surface area (Å²) in [6, 6.07) is 53.8. The monoisotopic (exact) mass is 702 g/mol. The molecule has 0 aliphatic carbocycles. The maximum Gasteiger partial charge on any atom is 0.266 e. The zero-order chi connectivity index (χ0) is 33.4. The van der Waals surface area contributed by atoms with Crippen molar-refractivity contribution in [3.8, 4) is 0 Å². The molecule has 0 bridgehead atoms. The van der Waals surface area contributed by atoms with Crippen LogP contribution >= 0.6 is 15.9 Å². The molecule has 2 amide bonds. The highest BCUT2D eigenvalue weighted by atomic mass is 79.9. The van der Waals surface area contributed by atoms with E-state index in [9.17, 15) is 4.79 Å².